The molecule has 0 aliphatic heterocycles. The highest BCUT2D eigenvalue weighted by Crippen LogP contribution is 2.23. The van der Waals surface area contributed by atoms with Crippen LogP contribution in [0.5, 0.6) is 0 Å². The first-order valence-electron chi connectivity index (χ1n) is 10.0. The summed E-state index contributed by atoms with van der Waals surface area (Å²) in [4.78, 5) is 16.8. The van der Waals surface area contributed by atoms with E-state index >= 15 is 0 Å². The second-order valence-electron chi connectivity index (χ2n) is 7.43. The quantitative estimate of drug-likeness (QED) is 0.227. The molecule has 0 amide bonds. The third-order valence-electron chi connectivity index (χ3n) is 4.32. The lowest BCUT2D eigenvalue weighted by Crippen LogP contribution is -2.06. The van der Waals surface area contributed by atoms with E-state index in [0.717, 1.165) is 5.56 Å². The summed E-state index contributed by atoms with van der Waals surface area (Å²) in [5.74, 6) is 4.46. The first kappa shape index (κ1) is 27.1. The van der Waals surface area contributed by atoms with E-state index in [9.17, 15) is 13.6 Å². The van der Waals surface area contributed by atoms with Crippen molar-refractivity contribution < 1.29 is 13.6 Å². The molecular weight excluding hydrogens is 430 g/mol. The number of aldehydes is 1. The summed E-state index contributed by atoms with van der Waals surface area (Å²) >= 11 is 0. The van der Waals surface area contributed by atoms with Crippen molar-refractivity contribution in [3.63, 3.8) is 0 Å². The van der Waals surface area contributed by atoms with Gasteiger partial charge < -0.3 is 16.0 Å². The fraction of sp³-hybridized carbons (Fsp3) is 0.318. The third-order valence-corrected chi connectivity index (χ3v) is 4.32. The maximum absolute atomic E-state index is 13.0. The molecule has 0 aliphatic carbocycles. The number of hydrogen-bond donors (Lipinski definition) is 3. The Bertz CT molecular complexity index is 1060. The molecule has 0 bridgehead atoms. The molecule has 9 nitrogen and oxygen atoms in total. The number of anilines is 2. The van der Waals surface area contributed by atoms with Crippen LogP contribution in [0.3, 0.4) is 0 Å². The van der Waals surface area contributed by atoms with E-state index in [1.165, 1.54) is 29.2 Å². The van der Waals surface area contributed by atoms with Crippen molar-refractivity contribution in [2.45, 2.75) is 33.6 Å². The molecule has 0 aliphatic rings. The molecule has 1 unspecified atom stereocenters. The number of nitrogens with two attached hydrogens (primary N) is 2. The number of nitrogen functional groups attached to an aromatic ring is 2. The van der Waals surface area contributed by atoms with Gasteiger partial charge in [0, 0.05) is 30.1 Å². The van der Waals surface area contributed by atoms with E-state index in [1.807, 2.05) is 33.8 Å². The maximum Gasteiger partial charge on any atom is 0.214 e. The molecule has 1 atom stereocenters. The van der Waals surface area contributed by atoms with Gasteiger partial charge in [-0.05, 0) is 24.0 Å². The maximum atomic E-state index is 13.0. The van der Waals surface area contributed by atoms with E-state index in [1.54, 1.807) is 18.3 Å². The van der Waals surface area contributed by atoms with Gasteiger partial charge in [0.05, 0.1) is 23.6 Å². The Labute approximate surface area is 191 Å². The van der Waals surface area contributed by atoms with Crippen molar-refractivity contribution in [3.8, 4) is 11.8 Å². The molecule has 11 heteroatoms. The van der Waals surface area contributed by atoms with E-state index in [4.69, 9.17) is 16.8 Å². The number of halogens is 2. The topological polar surface area (TPSA) is 149 Å². The zero-order chi connectivity index (χ0) is 25.0. The molecule has 3 aromatic heterocycles. The number of rotatable bonds is 5. The fourth-order valence-electron chi connectivity index (χ4n) is 2.37. The molecule has 0 aromatic carbocycles. The minimum Gasteiger partial charge on any atom is -0.383 e. The van der Waals surface area contributed by atoms with Gasteiger partial charge in [-0.2, -0.15) is 19.1 Å². The molecule has 5 N–H and O–H groups in total. The summed E-state index contributed by atoms with van der Waals surface area (Å²) in [5.41, 5.74) is 10.3. The van der Waals surface area contributed by atoms with Gasteiger partial charge in [0.15, 0.2) is 0 Å². The van der Waals surface area contributed by atoms with Crippen molar-refractivity contribution >= 4 is 17.8 Å². The highest BCUT2D eigenvalue weighted by atomic mass is 19.1. The van der Waals surface area contributed by atoms with Crippen molar-refractivity contribution in [1.29, 1.82) is 5.26 Å². The molecule has 0 radical (unpaired) electrons. The molecular formula is C22H28F2N8O. The number of nitriles is 1. The number of nitrogens with one attached hydrogen (secondary N) is 1. The summed E-state index contributed by atoms with van der Waals surface area (Å²) in [6.07, 6.45) is 5.12. The van der Waals surface area contributed by atoms with Crippen molar-refractivity contribution in [2.75, 3.05) is 11.2 Å². The molecule has 3 rings (SSSR count). The first-order chi connectivity index (χ1) is 15.6. The van der Waals surface area contributed by atoms with Crippen LogP contribution in [0.25, 0.3) is 5.69 Å². The predicted octanol–water partition coefficient (Wildman–Crippen LogP) is 3.60. The number of hydrogen-bond acceptors (Lipinski definition) is 8. The Morgan fingerprint density at radius 2 is 1.73 bits per heavy atom. The highest BCUT2D eigenvalue weighted by Gasteiger charge is 2.12. The van der Waals surface area contributed by atoms with Crippen molar-refractivity contribution in [3.05, 3.63) is 60.3 Å². The average Bonchev–Trinajstić information content (AvgIpc) is 3.17. The average molecular weight is 459 g/mol. The van der Waals surface area contributed by atoms with E-state index in [-0.39, 0.29) is 5.92 Å². The Kier molecular flexibility index (Phi) is 11.1. The van der Waals surface area contributed by atoms with Crippen LogP contribution in [0.2, 0.25) is 0 Å². The number of carbonyl (C=O) groups excluding carboxylic acids is 1. The SMILES string of the molecule is CC(C)C(C#N)C=O.CC(C)c1cnn(-c2ccnc(F)c2)c1N.NNc1ccnc(F)c1. The molecule has 0 fully saturated rings. The second-order valence-corrected chi connectivity index (χ2v) is 7.43. The number of nitrogens with zero attached hydrogens (tertiary/aromatic N) is 5. The molecule has 3 aromatic rings. The summed E-state index contributed by atoms with van der Waals surface area (Å²) in [5, 5.41) is 12.4. The van der Waals surface area contributed by atoms with Crippen LogP contribution in [0.15, 0.2) is 42.9 Å². The summed E-state index contributed by atoms with van der Waals surface area (Å²) in [7, 11) is 0. The fourth-order valence-corrected chi connectivity index (χ4v) is 2.37. The molecule has 0 saturated carbocycles. The Hall–Kier alpha value is -3.91. The normalized spacial score (nSPS) is 10.9. The van der Waals surface area contributed by atoms with Gasteiger partial charge in [0.2, 0.25) is 11.9 Å². The standard InChI is InChI=1S/C11H13FN4.C6H9NO.C5H6FN3/c1-7(2)9-6-15-16(11(9)13)8-3-4-14-10(12)5-8;1-5(2)6(3-7)4-8;6-5-3-4(9-7)1-2-8-5/h3-7H,13H2,1-2H3;4-6H,1-2H3;1-3H,7H2,(H,8,9). The van der Waals surface area contributed by atoms with Crippen LogP contribution >= 0.6 is 0 Å². The lowest BCUT2D eigenvalue weighted by Gasteiger charge is -2.06. The minimum absolute atomic E-state index is 0.150. The number of hydrazine groups is 1. The zero-order valence-corrected chi connectivity index (χ0v) is 18.9. The Morgan fingerprint density at radius 1 is 1.12 bits per heavy atom. The molecule has 0 saturated heterocycles. The van der Waals surface area contributed by atoms with E-state index in [2.05, 4.69) is 20.5 Å². The molecule has 33 heavy (non-hydrogen) atoms. The third kappa shape index (κ3) is 8.62. The summed E-state index contributed by atoms with van der Waals surface area (Å²) in [6.45, 7) is 7.76. The van der Waals surface area contributed by atoms with Crippen LogP contribution in [-0.2, 0) is 4.79 Å². The summed E-state index contributed by atoms with van der Waals surface area (Å²) < 4.78 is 26.6. The second kappa shape index (κ2) is 13.5. The van der Waals surface area contributed by atoms with Gasteiger partial charge >= 0.3 is 0 Å². The number of carbonyl (C=O) groups is 1. The van der Waals surface area contributed by atoms with Gasteiger partial charge in [0.1, 0.15) is 18.0 Å². The highest BCUT2D eigenvalue weighted by molar-refractivity contribution is 5.57. The van der Waals surface area contributed by atoms with Crippen LogP contribution < -0.4 is 17.0 Å². The molecule has 3 heterocycles. The smallest absolute Gasteiger partial charge is 0.214 e. The van der Waals surface area contributed by atoms with Gasteiger partial charge in [-0.25, -0.2) is 14.6 Å². The lowest BCUT2D eigenvalue weighted by atomic mass is 10.00. The van der Waals surface area contributed by atoms with Crippen LogP contribution in [0.4, 0.5) is 20.3 Å². The minimum atomic E-state index is -0.543. The van der Waals surface area contributed by atoms with E-state index < -0.39 is 17.8 Å². The summed E-state index contributed by atoms with van der Waals surface area (Å²) in [6, 6.07) is 7.63. The lowest BCUT2D eigenvalue weighted by molar-refractivity contribution is -0.110. The Morgan fingerprint density at radius 3 is 2.09 bits per heavy atom. The zero-order valence-electron chi connectivity index (χ0n) is 18.9. The van der Waals surface area contributed by atoms with Crippen LogP contribution in [0.1, 0.15) is 39.2 Å². The molecule has 176 valence electrons. The monoisotopic (exact) mass is 458 g/mol. The number of pyridine rings is 2. The molecule has 0 spiro atoms. The van der Waals surface area contributed by atoms with Gasteiger partial charge in [-0.3, -0.25) is 5.84 Å². The van der Waals surface area contributed by atoms with Gasteiger partial charge in [-0.15, -0.1) is 0 Å². The predicted molar refractivity (Wildman–Crippen MR) is 122 cm³/mol. The first-order valence-corrected chi connectivity index (χ1v) is 10.0. The van der Waals surface area contributed by atoms with Crippen LogP contribution in [0, 0.1) is 35.1 Å². The van der Waals surface area contributed by atoms with Gasteiger partial charge in [-0.1, -0.05) is 27.7 Å². The van der Waals surface area contributed by atoms with Crippen molar-refractivity contribution in [2.24, 2.45) is 17.7 Å². The van der Waals surface area contributed by atoms with Crippen molar-refractivity contribution in [1.82, 2.24) is 19.7 Å². The largest absolute Gasteiger partial charge is 0.383 e. The van der Waals surface area contributed by atoms with E-state index in [0.29, 0.717) is 29.4 Å². The van der Waals surface area contributed by atoms with Crippen LogP contribution in [-0.4, -0.2) is 26.0 Å². The number of aromatic nitrogens is 4. The van der Waals surface area contributed by atoms with Gasteiger partial charge in [0.25, 0.3) is 0 Å². The Balaban J connectivity index is 0.000000273.